The summed E-state index contributed by atoms with van der Waals surface area (Å²) >= 11 is 0. The first-order valence-corrected chi connectivity index (χ1v) is 6.55. The van der Waals surface area contributed by atoms with Crippen LogP contribution in [0.2, 0.25) is 0 Å². The third-order valence-corrected chi connectivity index (χ3v) is 2.47. The normalized spacial score (nSPS) is 13.8. The van der Waals surface area contributed by atoms with Gasteiger partial charge in [0.1, 0.15) is 11.9 Å². The van der Waals surface area contributed by atoms with E-state index in [4.69, 9.17) is 4.74 Å². The molecule has 0 aliphatic rings. The van der Waals surface area contributed by atoms with E-state index in [1.54, 1.807) is 0 Å². The topological polar surface area (TPSA) is 21.3 Å². The van der Waals surface area contributed by atoms with Gasteiger partial charge in [0, 0.05) is 12.1 Å². The second-order valence-corrected chi connectivity index (χ2v) is 5.63. The average Bonchev–Trinajstić information content (AvgIpc) is 2.26. The molecule has 1 N–H and O–H groups in total. The number of benzene rings is 1. The molecule has 0 radical (unpaired) electrons. The zero-order valence-corrected chi connectivity index (χ0v) is 12.2. The zero-order chi connectivity index (χ0) is 13.6. The fraction of sp³-hybridized carbons (Fsp3) is 0.500. The molecule has 0 saturated heterocycles. The van der Waals surface area contributed by atoms with Crippen LogP contribution in [0.1, 0.15) is 40.2 Å². The first-order chi connectivity index (χ1) is 8.40. The molecule has 1 aromatic carbocycles. The van der Waals surface area contributed by atoms with Crippen LogP contribution in [0.25, 0.3) is 6.08 Å². The molecule has 2 heteroatoms. The molecule has 0 unspecified atom stereocenters. The van der Waals surface area contributed by atoms with Gasteiger partial charge in [0.15, 0.2) is 0 Å². The van der Waals surface area contributed by atoms with Gasteiger partial charge in [-0.25, -0.2) is 0 Å². The van der Waals surface area contributed by atoms with E-state index >= 15 is 0 Å². The summed E-state index contributed by atoms with van der Waals surface area (Å²) in [5.41, 5.74) is 1.30. The van der Waals surface area contributed by atoms with Crippen molar-refractivity contribution in [2.45, 2.75) is 46.3 Å². The first kappa shape index (κ1) is 14.8. The standard InChI is InChI=1S/C16H25NO/c1-6-8-14-9-7-10-15(11-14)18-13(2)12-17-16(3,4)5/h6-11,13,17H,12H2,1-5H3/b8-6+/t13-/m0/s1. The maximum absolute atomic E-state index is 5.90. The van der Waals surface area contributed by atoms with E-state index in [0.29, 0.717) is 0 Å². The molecule has 0 aliphatic heterocycles. The van der Waals surface area contributed by atoms with E-state index in [1.165, 1.54) is 5.56 Å². The Morgan fingerprint density at radius 3 is 2.67 bits per heavy atom. The highest BCUT2D eigenvalue weighted by Crippen LogP contribution is 2.16. The molecule has 0 heterocycles. The van der Waals surface area contributed by atoms with Gasteiger partial charge in [-0.05, 0) is 52.3 Å². The quantitative estimate of drug-likeness (QED) is 0.852. The molecule has 0 fully saturated rings. The minimum atomic E-state index is 0.129. The van der Waals surface area contributed by atoms with Gasteiger partial charge in [-0.3, -0.25) is 0 Å². The lowest BCUT2D eigenvalue weighted by Gasteiger charge is -2.24. The van der Waals surface area contributed by atoms with Crippen LogP contribution in [0.3, 0.4) is 0 Å². The highest BCUT2D eigenvalue weighted by Gasteiger charge is 2.11. The molecule has 0 amide bonds. The number of rotatable bonds is 5. The van der Waals surface area contributed by atoms with Crippen LogP contribution in [0.15, 0.2) is 30.3 Å². The Morgan fingerprint density at radius 2 is 2.06 bits per heavy atom. The maximum Gasteiger partial charge on any atom is 0.120 e. The summed E-state index contributed by atoms with van der Waals surface area (Å²) < 4.78 is 5.90. The molecule has 1 rings (SSSR count). The lowest BCUT2D eigenvalue weighted by Crippen LogP contribution is -2.41. The summed E-state index contributed by atoms with van der Waals surface area (Å²) in [7, 11) is 0. The van der Waals surface area contributed by atoms with Crippen molar-refractivity contribution in [3.8, 4) is 5.75 Å². The Kier molecular flexibility index (Phi) is 5.42. The molecule has 0 bridgehead atoms. The van der Waals surface area contributed by atoms with Crippen molar-refractivity contribution in [2.75, 3.05) is 6.54 Å². The second kappa shape index (κ2) is 6.60. The van der Waals surface area contributed by atoms with Crippen LogP contribution >= 0.6 is 0 Å². The molecule has 0 aromatic heterocycles. The van der Waals surface area contributed by atoms with E-state index in [0.717, 1.165) is 12.3 Å². The summed E-state index contributed by atoms with van der Waals surface area (Å²) in [4.78, 5) is 0. The van der Waals surface area contributed by atoms with Crippen molar-refractivity contribution in [1.82, 2.24) is 5.32 Å². The molecule has 1 aromatic rings. The molecule has 2 nitrogen and oxygen atoms in total. The van der Waals surface area contributed by atoms with Crippen LogP contribution in [0.5, 0.6) is 5.75 Å². The summed E-state index contributed by atoms with van der Waals surface area (Å²) in [5, 5.41) is 3.44. The van der Waals surface area contributed by atoms with Gasteiger partial charge < -0.3 is 10.1 Å². The monoisotopic (exact) mass is 247 g/mol. The zero-order valence-electron chi connectivity index (χ0n) is 12.2. The van der Waals surface area contributed by atoms with Crippen LogP contribution in [0, 0.1) is 0 Å². The second-order valence-electron chi connectivity index (χ2n) is 5.63. The predicted molar refractivity (Wildman–Crippen MR) is 79.0 cm³/mol. The fourth-order valence-electron chi connectivity index (χ4n) is 1.61. The van der Waals surface area contributed by atoms with Crippen LogP contribution < -0.4 is 10.1 Å². The molecular formula is C16H25NO. The Labute approximate surface area is 111 Å². The van der Waals surface area contributed by atoms with Gasteiger partial charge in [-0.2, -0.15) is 0 Å². The third-order valence-electron chi connectivity index (χ3n) is 2.47. The smallest absolute Gasteiger partial charge is 0.120 e. The van der Waals surface area contributed by atoms with Gasteiger partial charge in [-0.1, -0.05) is 24.3 Å². The maximum atomic E-state index is 5.90. The van der Waals surface area contributed by atoms with Crippen molar-refractivity contribution in [2.24, 2.45) is 0 Å². The van der Waals surface area contributed by atoms with Crippen molar-refractivity contribution >= 4 is 6.08 Å². The lowest BCUT2D eigenvalue weighted by molar-refractivity contribution is 0.203. The van der Waals surface area contributed by atoms with Crippen molar-refractivity contribution in [3.05, 3.63) is 35.9 Å². The minimum Gasteiger partial charge on any atom is -0.489 e. The van der Waals surface area contributed by atoms with E-state index in [2.05, 4.69) is 51.2 Å². The largest absolute Gasteiger partial charge is 0.489 e. The number of hydrogen-bond donors (Lipinski definition) is 1. The molecule has 0 aliphatic carbocycles. The van der Waals surface area contributed by atoms with E-state index in [-0.39, 0.29) is 11.6 Å². The van der Waals surface area contributed by atoms with Crippen LogP contribution in [-0.2, 0) is 0 Å². The Bertz CT molecular complexity index is 390. The third kappa shape index (κ3) is 5.87. The highest BCUT2D eigenvalue weighted by atomic mass is 16.5. The van der Waals surface area contributed by atoms with Gasteiger partial charge in [0.25, 0.3) is 0 Å². The van der Waals surface area contributed by atoms with Crippen molar-refractivity contribution in [3.63, 3.8) is 0 Å². The van der Waals surface area contributed by atoms with E-state index in [9.17, 15) is 0 Å². The molecule has 0 saturated carbocycles. The Hall–Kier alpha value is -1.28. The fourth-order valence-corrected chi connectivity index (χ4v) is 1.61. The summed E-state index contributed by atoms with van der Waals surface area (Å²) in [6.07, 6.45) is 4.26. The van der Waals surface area contributed by atoms with Gasteiger partial charge >= 0.3 is 0 Å². The van der Waals surface area contributed by atoms with E-state index < -0.39 is 0 Å². The molecule has 0 spiro atoms. The van der Waals surface area contributed by atoms with Crippen molar-refractivity contribution < 1.29 is 4.74 Å². The van der Waals surface area contributed by atoms with Gasteiger partial charge in [0.05, 0.1) is 0 Å². The highest BCUT2D eigenvalue weighted by molar-refractivity contribution is 5.51. The molecule has 1 atom stereocenters. The first-order valence-electron chi connectivity index (χ1n) is 6.55. The predicted octanol–water partition coefficient (Wildman–Crippen LogP) is 3.88. The minimum absolute atomic E-state index is 0.129. The number of hydrogen-bond acceptors (Lipinski definition) is 2. The van der Waals surface area contributed by atoms with Crippen molar-refractivity contribution in [1.29, 1.82) is 0 Å². The van der Waals surface area contributed by atoms with Crippen LogP contribution in [-0.4, -0.2) is 18.2 Å². The van der Waals surface area contributed by atoms with Gasteiger partial charge in [0.2, 0.25) is 0 Å². The Balaban J connectivity index is 2.53. The SMILES string of the molecule is C/C=C/c1cccc(O[C@@H](C)CNC(C)(C)C)c1. The number of allylic oxidation sites excluding steroid dienone is 1. The molecule has 18 heavy (non-hydrogen) atoms. The lowest BCUT2D eigenvalue weighted by atomic mass is 10.1. The molecular weight excluding hydrogens is 222 g/mol. The summed E-state index contributed by atoms with van der Waals surface area (Å²) in [5.74, 6) is 0.925. The van der Waals surface area contributed by atoms with E-state index in [1.807, 2.05) is 25.1 Å². The summed E-state index contributed by atoms with van der Waals surface area (Å²) in [6, 6.07) is 8.16. The average molecular weight is 247 g/mol. The van der Waals surface area contributed by atoms with Gasteiger partial charge in [-0.15, -0.1) is 0 Å². The van der Waals surface area contributed by atoms with Crippen LogP contribution in [0.4, 0.5) is 0 Å². The summed E-state index contributed by atoms with van der Waals surface area (Å²) in [6.45, 7) is 11.4. The molecule has 100 valence electrons. The Morgan fingerprint density at radius 1 is 1.33 bits per heavy atom. The number of ether oxygens (including phenoxy) is 1. The number of nitrogens with one attached hydrogen (secondary N) is 1.